The molecule has 1 fully saturated rings. The van der Waals surface area contributed by atoms with E-state index in [0.717, 1.165) is 26.1 Å². The molecule has 0 aliphatic carbocycles. The second kappa shape index (κ2) is 7.22. The summed E-state index contributed by atoms with van der Waals surface area (Å²) in [6, 6.07) is 8.16. The van der Waals surface area contributed by atoms with Crippen LogP contribution in [0.1, 0.15) is 23.2 Å². The molecule has 2 atom stereocenters. The Morgan fingerprint density at radius 2 is 2.33 bits per heavy atom. The van der Waals surface area contributed by atoms with Crippen LogP contribution in [0, 0.1) is 0 Å². The fourth-order valence-electron chi connectivity index (χ4n) is 2.76. The Kier molecular flexibility index (Phi) is 5.08. The summed E-state index contributed by atoms with van der Waals surface area (Å²) in [5.74, 6) is 0.638. The van der Waals surface area contributed by atoms with Gasteiger partial charge in [0.25, 0.3) is 0 Å². The van der Waals surface area contributed by atoms with Crippen molar-refractivity contribution in [2.24, 2.45) is 0 Å². The molecule has 1 aliphatic heterocycles. The van der Waals surface area contributed by atoms with E-state index in [0.29, 0.717) is 18.8 Å². The van der Waals surface area contributed by atoms with Crippen molar-refractivity contribution in [1.29, 1.82) is 0 Å². The minimum Gasteiger partial charge on any atom is -0.467 e. The van der Waals surface area contributed by atoms with Gasteiger partial charge in [0.1, 0.15) is 11.9 Å². The lowest BCUT2D eigenvalue weighted by molar-refractivity contribution is -0.0278. The van der Waals surface area contributed by atoms with E-state index in [4.69, 9.17) is 9.15 Å². The van der Waals surface area contributed by atoms with Crippen molar-refractivity contribution < 1.29 is 14.3 Å². The van der Waals surface area contributed by atoms with Gasteiger partial charge in [0.2, 0.25) is 0 Å². The zero-order valence-corrected chi connectivity index (χ0v) is 12.8. The third-order valence-electron chi connectivity index (χ3n) is 3.94. The molecule has 5 heteroatoms. The van der Waals surface area contributed by atoms with Crippen molar-refractivity contribution in [3.8, 4) is 0 Å². The first-order chi connectivity index (χ1) is 10.3. The fraction of sp³-hybridized carbons (Fsp3) is 0.500. The number of thiophene rings is 1. The number of hydrogen-bond donors (Lipinski definition) is 1. The van der Waals surface area contributed by atoms with Gasteiger partial charge in [0, 0.05) is 24.0 Å². The fourth-order valence-corrected chi connectivity index (χ4v) is 3.46. The predicted octanol–water partition coefficient (Wildman–Crippen LogP) is 2.71. The molecule has 0 bridgehead atoms. The molecule has 1 N–H and O–H groups in total. The van der Waals surface area contributed by atoms with Crippen LogP contribution in [0.2, 0.25) is 0 Å². The third-order valence-corrected chi connectivity index (χ3v) is 4.88. The number of furan rings is 1. The van der Waals surface area contributed by atoms with Gasteiger partial charge in [0.05, 0.1) is 19.5 Å². The highest BCUT2D eigenvalue weighted by Gasteiger charge is 2.26. The minimum atomic E-state index is -0.559. The standard InChI is InChI=1S/C16H21NO3S/c18-15(16-4-1-8-20-16)11-13-12-19-9-7-17(13)6-5-14-3-2-10-21-14/h1-4,8,10,13,15,18H,5-7,9,11-12H2. The van der Waals surface area contributed by atoms with Crippen molar-refractivity contribution in [2.45, 2.75) is 25.0 Å². The summed E-state index contributed by atoms with van der Waals surface area (Å²) >= 11 is 1.80. The molecule has 2 aromatic heterocycles. The van der Waals surface area contributed by atoms with Crippen molar-refractivity contribution >= 4 is 11.3 Å². The van der Waals surface area contributed by atoms with Gasteiger partial charge >= 0.3 is 0 Å². The molecule has 3 heterocycles. The van der Waals surface area contributed by atoms with Gasteiger partial charge in [-0.1, -0.05) is 6.07 Å². The topological polar surface area (TPSA) is 45.8 Å². The maximum absolute atomic E-state index is 10.3. The maximum Gasteiger partial charge on any atom is 0.132 e. The molecular formula is C16H21NO3S. The summed E-state index contributed by atoms with van der Waals surface area (Å²) in [5, 5.41) is 12.4. The average Bonchev–Trinajstić information content (AvgIpc) is 3.20. The van der Waals surface area contributed by atoms with Crippen molar-refractivity contribution in [1.82, 2.24) is 4.90 Å². The van der Waals surface area contributed by atoms with Crippen molar-refractivity contribution in [3.63, 3.8) is 0 Å². The Morgan fingerprint density at radius 3 is 3.10 bits per heavy atom. The van der Waals surface area contributed by atoms with Crippen LogP contribution >= 0.6 is 11.3 Å². The quantitative estimate of drug-likeness (QED) is 0.891. The number of morpholine rings is 1. The highest BCUT2D eigenvalue weighted by Crippen LogP contribution is 2.23. The molecule has 0 radical (unpaired) electrons. The lowest BCUT2D eigenvalue weighted by Gasteiger charge is -2.36. The molecule has 1 aliphatic rings. The van der Waals surface area contributed by atoms with Crippen LogP contribution < -0.4 is 0 Å². The van der Waals surface area contributed by atoms with Gasteiger partial charge in [0.15, 0.2) is 0 Å². The van der Waals surface area contributed by atoms with Crippen LogP contribution in [-0.2, 0) is 11.2 Å². The van der Waals surface area contributed by atoms with E-state index in [1.807, 2.05) is 12.1 Å². The number of aliphatic hydroxyl groups excluding tert-OH is 1. The molecule has 3 rings (SSSR count). The molecule has 2 aromatic rings. The molecule has 2 unspecified atom stereocenters. The van der Waals surface area contributed by atoms with E-state index in [1.165, 1.54) is 4.88 Å². The van der Waals surface area contributed by atoms with E-state index < -0.39 is 6.10 Å². The van der Waals surface area contributed by atoms with Crippen LogP contribution in [0.4, 0.5) is 0 Å². The summed E-state index contributed by atoms with van der Waals surface area (Å²) in [6.07, 6.45) is 2.75. The molecule has 0 amide bonds. The van der Waals surface area contributed by atoms with Crippen LogP contribution in [0.25, 0.3) is 0 Å². The number of hydrogen-bond acceptors (Lipinski definition) is 5. The van der Waals surface area contributed by atoms with Crippen molar-refractivity contribution in [2.75, 3.05) is 26.3 Å². The lowest BCUT2D eigenvalue weighted by atomic mass is 10.0. The van der Waals surface area contributed by atoms with E-state index in [2.05, 4.69) is 22.4 Å². The van der Waals surface area contributed by atoms with Gasteiger partial charge in [-0.05, 0) is 36.4 Å². The Balaban J connectivity index is 1.56. The van der Waals surface area contributed by atoms with Gasteiger partial charge < -0.3 is 14.3 Å². The molecule has 0 aromatic carbocycles. The van der Waals surface area contributed by atoms with Crippen LogP contribution in [-0.4, -0.2) is 42.4 Å². The highest BCUT2D eigenvalue weighted by atomic mass is 32.1. The van der Waals surface area contributed by atoms with Gasteiger partial charge in [-0.3, -0.25) is 4.90 Å². The first kappa shape index (κ1) is 14.8. The molecule has 114 valence electrons. The summed E-state index contributed by atoms with van der Waals surface area (Å²) in [7, 11) is 0. The maximum atomic E-state index is 10.3. The first-order valence-electron chi connectivity index (χ1n) is 7.38. The molecule has 1 saturated heterocycles. The monoisotopic (exact) mass is 307 g/mol. The van der Waals surface area contributed by atoms with Gasteiger partial charge in [-0.25, -0.2) is 0 Å². The van der Waals surface area contributed by atoms with Gasteiger partial charge in [-0.15, -0.1) is 11.3 Å². The number of rotatable bonds is 6. The van der Waals surface area contributed by atoms with E-state index in [-0.39, 0.29) is 6.04 Å². The molecule has 0 saturated carbocycles. The predicted molar refractivity (Wildman–Crippen MR) is 82.5 cm³/mol. The number of nitrogens with zero attached hydrogens (tertiary/aromatic N) is 1. The molecule has 4 nitrogen and oxygen atoms in total. The zero-order valence-electron chi connectivity index (χ0n) is 12.0. The Bertz CT molecular complexity index is 512. The van der Waals surface area contributed by atoms with E-state index in [9.17, 15) is 5.11 Å². The molecule has 21 heavy (non-hydrogen) atoms. The largest absolute Gasteiger partial charge is 0.467 e. The Hall–Kier alpha value is -1.14. The third kappa shape index (κ3) is 3.95. The summed E-state index contributed by atoms with van der Waals surface area (Å²) < 4.78 is 10.9. The number of ether oxygens (including phenoxy) is 1. The summed E-state index contributed by atoms with van der Waals surface area (Å²) in [4.78, 5) is 3.84. The van der Waals surface area contributed by atoms with Gasteiger partial charge in [-0.2, -0.15) is 0 Å². The van der Waals surface area contributed by atoms with Crippen molar-refractivity contribution in [3.05, 3.63) is 46.5 Å². The Labute approximate surface area is 129 Å². The van der Waals surface area contributed by atoms with Crippen LogP contribution in [0.5, 0.6) is 0 Å². The smallest absolute Gasteiger partial charge is 0.132 e. The Morgan fingerprint density at radius 1 is 1.38 bits per heavy atom. The van der Waals surface area contributed by atoms with E-state index >= 15 is 0 Å². The van der Waals surface area contributed by atoms with E-state index in [1.54, 1.807) is 17.6 Å². The average molecular weight is 307 g/mol. The minimum absolute atomic E-state index is 0.249. The zero-order chi connectivity index (χ0) is 14.5. The summed E-state index contributed by atoms with van der Waals surface area (Å²) in [6.45, 7) is 3.40. The SMILES string of the molecule is OC(CC1COCCN1CCc1cccs1)c1ccco1. The molecular weight excluding hydrogens is 286 g/mol. The second-order valence-corrected chi connectivity index (χ2v) is 6.39. The highest BCUT2D eigenvalue weighted by molar-refractivity contribution is 7.09. The summed E-state index contributed by atoms with van der Waals surface area (Å²) in [5.41, 5.74) is 0. The number of aliphatic hydroxyl groups is 1. The second-order valence-electron chi connectivity index (χ2n) is 5.36. The normalized spacial score (nSPS) is 21.5. The molecule has 0 spiro atoms. The van der Waals surface area contributed by atoms with Crippen LogP contribution in [0.15, 0.2) is 40.3 Å². The first-order valence-corrected chi connectivity index (χ1v) is 8.26. The lowest BCUT2D eigenvalue weighted by Crippen LogP contribution is -2.46. The van der Waals surface area contributed by atoms with Crippen LogP contribution in [0.3, 0.4) is 0 Å².